The Kier molecular flexibility index (Phi) is 6.12. The van der Waals surface area contributed by atoms with Gasteiger partial charge in [0.25, 0.3) is 5.91 Å². The molecule has 0 spiro atoms. The summed E-state index contributed by atoms with van der Waals surface area (Å²) in [7, 11) is -1.80. The smallest absolute Gasteiger partial charge is 0.251 e. The van der Waals surface area contributed by atoms with Crippen LogP contribution in [0.3, 0.4) is 0 Å². The molecule has 1 amide bonds. The number of carbonyl (C=O) groups is 1. The lowest BCUT2D eigenvalue weighted by Crippen LogP contribution is -2.60. The standard InChI is InChI=1S/C20H33NO3Si/c1-15(24-25(6,7)20(3,4)5)13-18-16(2)19(22)21(18)23-14-17-11-9-8-10-12-17/h8-12,15-16,18H,13-14H2,1-7H3/t15-,16+,18-/m0/s1. The van der Waals surface area contributed by atoms with Gasteiger partial charge in [0, 0.05) is 6.10 Å². The quantitative estimate of drug-likeness (QED) is 0.517. The van der Waals surface area contributed by atoms with Crippen LogP contribution in [0.25, 0.3) is 0 Å². The molecule has 140 valence electrons. The van der Waals surface area contributed by atoms with Crippen molar-refractivity contribution in [1.29, 1.82) is 0 Å². The minimum Gasteiger partial charge on any atom is -0.414 e. The first kappa shape index (κ1) is 20.1. The van der Waals surface area contributed by atoms with E-state index in [1.165, 1.54) is 0 Å². The van der Waals surface area contributed by atoms with E-state index in [4.69, 9.17) is 9.26 Å². The van der Waals surface area contributed by atoms with E-state index in [1.54, 1.807) is 5.06 Å². The molecule has 1 aliphatic heterocycles. The third kappa shape index (κ3) is 4.71. The minimum absolute atomic E-state index is 0.00115. The number of amides is 1. The summed E-state index contributed by atoms with van der Waals surface area (Å²) in [6, 6.07) is 10.0. The molecule has 0 saturated carbocycles. The average Bonchev–Trinajstić information content (AvgIpc) is 2.53. The summed E-state index contributed by atoms with van der Waals surface area (Å²) in [5, 5.41) is 1.75. The second-order valence-corrected chi connectivity index (χ2v) is 13.5. The maximum atomic E-state index is 12.2. The zero-order valence-electron chi connectivity index (χ0n) is 16.7. The lowest BCUT2D eigenvalue weighted by molar-refractivity contribution is -0.249. The van der Waals surface area contributed by atoms with Crippen LogP contribution in [-0.2, 0) is 20.7 Å². The minimum atomic E-state index is -1.80. The fourth-order valence-corrected chi connectivity index (χ4v) is 4.35. The number of hydrogen-bond donors (Lipinski definition) is 0. The highest BCUT2D eigenvalue weighted by atomic mass is 28.4. The molecule has 1 aliphatic rings. The topological polar surface area (TPSA) is 38.8 Å². The van der Waals surface area contributed by atoms with Gasteiger partial charge in [-0.1, -0.05) is 58.0 Å². The lowest BCUT2D eigenvalue weighted by Gasteiger charge is -2.46. The summed E-state index contributed by atoms with van der Waals surface area (Å²) in [4.78, 5) is 18.0. The van der Waals surface area contributed by atoms with Gasteiger partial charge in [0.1, 0.15) is 6.61 Å². The summed E-state index contributed by atoms with van der Waals surface area (Å²) >= 11 is 0. The van der Waals surface area contributed by atoms with E-state index in [-0.39, 0.29) is 29.0 Å². The summed E-state index contributed by atoms with van der Waals surface area (Å²) in [6.07, 6.45) is 0.929. The van der Waals surface area contributed by atoms with E-state index in [0.29, 0.717) is 6.61 Å². The number of carbonyl (C=O) groups excluding carboxylic acids is 1. The second kappa shape index (κ2) is 7.60. The highest BCUT2D eigenvalue weighted by molar-refractivity contribution is 6.74. The Bertz CT molecular complexity index is 582. The van der Waals surface area contributed by atoms with Crippen molar-refractivity contribution in [1.82, 2.24) is 5.06 Å². The molecule has 0 N–H and O–H groups in total. The summed E-state index contributed by atoms with van der Waals surface area (Å²) in [5.74, 6) is 0.0710. The first-order chi connectivity index (χ1) is 11.5. The Balaban J connectivity index is 1.92. The Morgan fingerprint density at radius 3 is 2.36 bits per heavy atom. The molecular weight excluding hydrogens is 330 g/mol. The average molecular weight is 364 g/mol. The van der Waals surface area contributed by atoms with Crippen LogP contribution >= 0.6 is 0 Å². The van der Waals surface area contributed by atoms with Gasteiger partial charge >= 0.3 is 0 Å². The van der Waals surface area contributed by atoms with Gasteiger partial charge in [0.2, 0.25) is 0 Å². The summed E-state index contributed by atoms with van der Waals surface area (Å²) in [5.41, 5.74) is 1.07. The van der Waals surface area contributed by atoms with Crippen molar-refractivity contribution in [3.05, 3.63) is 35.9 Å². The molecule has 2 rings (SSSR count). The second-order valence-electron chi connectivity index (χ2n) is 8.70. The zero-order chi connectivity index (χ0) is 18.8. The predicted molar refractivity (Wildman–Crippen MR) is 103 cm³/mol. The van der Waals surface area contributed by atoms with Crippen molar-refractivity contribution in [2.75, 3.05) is 0 Å². The van der Waals surface area contributed by atoms with E-state index in [2.05, 4.69) is 40.8 Å². The molecule has 25 heavy (non-hydrogen) atoms. The van der Waals surface area contributed by atoms with Crippen LogP contribution < -0.4 is 0 Å². The van der Waals surface area contributed by atoms with Gasteiger partial charge in [-0.25, -0.2) is 5.06 Å². The SMILES string of the molecule is C[C@@H](C[C@H]1[C@@H](C)C(=O)N1OCc1ccccc1)O[Si](C)(C)C(C)(C)C. The molecule has 1 aromatic rings. The van der Waals surface area contributed by atoms with Crippen LogP contribution in [0.4, 0.5) is 0 Å². The molecule has 3 atom stereocenters. The largest absolute Gasteiger partial charge is 0.414 e. The lowest BCUT2D eigenvalue weighted by atomic mass is 9.88. The van der Waals surface area contributed by atoms with Gasteiger partial charge < -0.3 is 4.43 Å². The molecule has 5 heteroatoms. The van der Waals surface area contributed by atoms with Crippen LogP contribution in [0.15, 0.2) is 30.3 Å². The molecule has 4 nitrogen and oxygen atoms in total. The normalized spacial score (nSPS) is 22.7. The number of hydrogen-bond acceptors (Lipinski definition) is 3. The highest BCUT2D eigenvalue weighted by Crippen LogP contribution is 2.39. The number of nitrogens with zero attached hydrogens (tertiary/aromatic N) is 1. The van der Waals surface area contributed by atoms with Crippen molar-refractivity contribution >= 4 is 14.2 Å². The zero-order valence-corrected chi connectivity index (χ0v) is 17.7. The number of benzene rings is 1. The molecule has 0 aliphatic carbocycles. The molecule has 0 aromatic heterocycles. The Morgan fingerprint density at radius 1 is 1.20 bits per heavy atom. The van der Waals surface area contributed by atoms with Crippen LogP contribution in [-0.4, -0.2) is 31.4 Å². The Labute approximate surface area is 153 Å². The van der Waals surface area contributed by atoms with Crippen LogP contribution in [0, 0.1) is 5.92 Å². The number of β-lactam (4-membered cyclic amide) rings is 1. The van der Waals surface area contributed by atoms with Crippen molar-refractivity contribution < 1.29 is 14.1 Å². The molecule has 1 aromatic carbocycles. The Morgan fingerprint density at radius 2 is 1.80 bits per heavy atom. The maximum Gasteiger partial charge on any atom is 0.251 e. The van der Waals surface area contributed by atoms with Crippen LogP contribution in [0.1, 0.15) is 46.6 Å². The van der Waals surface area contributed by atoms with Gasteiger partial charge in [0.15, 0.2) is 8.32 Å². The van der Waals surface area contributed by atoms with Gasteiger partial charge in [-0.05, 0) is 37.0 Å². The molecule has 0 bridgehead atoms. The van der Waals surface area contributed by atoms with Crippen molar-refractivity contribution in [3.8, 4) is 0 Å². The molecule has 1 heterocycles. The van der Waals surface area contributed by atoms with Gasteiger partial charge in [-0.3, -0.25) is 9.63 Å². The molecule has 1 saturated heterocycles. The van der Waals surface area contributed by atoms with E-state index in [0.717, 1.165) is 12.0 Å². The van der Waals surface area contributed by atoms with Crippen molar-refractivity contribution in [2.24, 2.45) is 5.92 Å². The molecule has 0 radical (unpaired) electrons. The fourth-order valence-electron chi connectivity index (χ4n) is 2.90. The van der Waals surface area contributed by atoms with E-state index in [1.807, 2.05) is 37.3 Å². The third-order valence-electron chi connectivity index (χ3n) is 5.57. The molecule has 0 unspecified atom stereocenters. The first-order valence-electron chi connectivity index (χ1n) is 9.20. The third-order valence-corrected chi connectivity index (χ3v) is 10.2. The fraction of sp³-hybridized carbons (Fsp3) is 0.650. The maximum absolute atomic E-state index is 12.2. The molecule has 1 fully saturated rings. The number of rotatable bonds is 7. The van der Waals surface area contributed by atoms with E-state index < -0.39 is 8.32 Å². The summed E-state index contributed by atoms with van der Waals surface area (Å²) in [6.45, 7) is 15.8. The first-order valence-corrected chi connectivity index (χ1v) is 12.1. The molecular formula is C20H33NO3Si. The van der Waals surface area contributed by atoms with Gasteiger partial charge in [-0.2, -0.15) is 0 Å². The summed E-state index contributed by atoms with van der Waals surface area (Å²) < 4.78 is 6.45. The number of hydroxylamine groups is 2. The van der Waals surface area contributed by atoms with E-state index >= 15 is 0 Å². The van der Waals surface area contributed by atoms with Crippen molar-refractivity contribution in [2.45, 2.75) is 77.9 Å². The monoisotopic (exact) mass is 363 g/mol. The van der Waals surface area contributed by atoms with Crippen LogP contribution in [0.2, 0.25) is 18.1 Å². The van der Waals surface area contributed by atoms with Gasteiger partial charge in [-0.15, -0.1) is 0 Å². The highest BCUT2D eigenvalue weighted by Gasteiger charge is 2.47. The Hall–Kier alpha value is -1.17. The van der Waals surface area contributed by atoms with Crippen LogP contribution in [0.5, 0.6) is 0 Å². The van der Waals surface area contributed by atoms with Gasteiger partial charge in [0.05, 0.1) is 12.0 Å². The predicted octanol–water partition coefficient (Wildman–Crippen LogP) is 4.77. The van der Waals surface area contributed by atoms with Crippen molar-refractivity contribution in [3.63, 3.8) is 0 Å². The van der Waals surface area contributed by atoms with E-state index in [9.17, 15) is 4.79 Å².